The zero-order chi connectivity index (χ0) is 30.4. The smallest absolute Gasteiger partial charge is 0.272 e. The molecule has 5 rings (SSSR count). The summed E-state index contributed by atoms with van der Waals surface area (Å²) in [6.45, 7) is 2.39. The molecule has 0 bridgehead atoms. The van der Waals surface area contributed by atoms with Crippen molar-refractivity contribution in [2.24, 2.45) is 5.92 Å². The number of halogens is 3. The highest BCUT2D eigenvalue weighted by molar-refractivity contribution is 7.99. The van der Waals surface area contributed by atoms with Gasteiger partial charge in [0.15, 0.2) is 6.29 Å². The number of aliphatic hydroxyl groups is 1. The van der Waals surface area contributed by atoms with Gasteiger partial charge in [-0.2, -0.15) is 0 Å². The molecule has 4 atom stereocenters. The van der Waals surface area contributed by atoms with Crippen molar-refractivity contribution in [3.05, 3.63) is 125 Å². The summed E-state index contributed by atoms with van der Waals surface area (Å²) in [5, 5.41) is 12.2. The van der Waals surface area contributed by atoms with E-state index in [9.17, 15) is 9.90 Å². The van der Waals surface area contributed by atoms with Gasteiger partial charge in [-0.1, -0.05) is 121 Å². The highest BCUT2D eigenvalue weighted by Gasteiger charge is 2.38. The second-order valence-corrected chi connectivity index (χ2v) is 13.8. The molecule has 0 aliphatic carbocycles. The Labute approximate surface area is 271 Å². The van der Waals surface area contributed by atoms with Crippen LogP contribution in [-0.4, -0.2) is 26.7 Å². The van der Waals surface area contributed by atoms with Crippen LogP contribution in [0.15, 0.2) is 108 Å². The lowest BCUT2D eigenvalue weighted by Crippen LogP contribution is -2.38. The van der Waals surface area contributed by atoms with Gasteiger partial charge < -0.3 is 19.9 Å². The van der Waals surface area contributed by atoms with E-state index in [0.717, 1.165) is 39.1 Å². The Morgan fingerprint density at radius 1 is 0.837 bits per heavy atom. The molecule has 1 aliphatic rings. The third kappa shape index (κ3) is 8.34. The highest BCUT2D eigenvalue weighted by Crippen LogP contribution is 2.43. The fourth-order valence-corrected chi connectivity index (χ4v) is 6.30. The molecule has 43 heavy (non-hydrogen) atoms. The molecule has 0 saturated carbocycles. The second kappa shape index (κ2) is 14.5. The normalized spacial score (nSPS) is 20.5. The topological polar surface area (TPSA) is 67.8 Å². The molecular formula is C34H32Cl3NO4S. The van der Waals surface area contributed by atoms with Crippen molar-refractivity contribution in [1.82, 2.24) is 5.32 Å². The molecule has 1 heterocycles. The number of thioether (sulfide) groups is 1. The average molecular weight is 657 g/mol. The van der Waals surface area contributed by atoms with Gasteiger partial charge in [0.25, 0.3) is 9.70 Å². The van der Waals surface area contributed by atoms with Gasteiger partial charge >= 0.3 is 0 Å². The summed E-state index contributed by atoms with van der Waals surface area (Å²) in [5.74, 6) is 0.194. The minimum absolute atomic E-state index is 0.00327. The fraction of sp³-hybridized carbons (Fsp3) is 0.265. The van der Waals surface area contributed by atoms with Gasteiger partial charge in [-0.15, -0.1) is 11.8 Å². The molecule has 1 fully saturated rings. The van der Waals surface area contributed by atoms with Crippen LogP contribution in [0.1, 0.15) is 41.6 Å². The lowest BCUT2D eigenvalue weighted by molar-refractivity contribution is -0.268. The quantitative estimate of drug-likeness (QED) is 0.140. The molecule has 9 heteroatoms. The first-order valence-electron chi connectivity index (χ1n) is 13.9. The van der Waals surface area contributed by atoms with E-state index in [1.165, 1.54) is 4.90 Å². The molecule has 4 aromatic carbocycles. The zero-order valence-corrected chi connectivity index (χ0v) is 26.5. The van der Waals surface area contributed by atoms with E-state index in [-0.39, 0.29) is 31.3 Å². The molecule has 0 radical (unpaired) electrons. The van der Waals surface area contributed by atoms with Crippen LogP contribution >= 0.6 is 46.6 Å². The van der Waals surface area contributed by atoms with Crippen LogP contribution in [-0.2, 0) is 27.4 Å². The predicted octanol–water partition coefficient (Wildman–Crippen LogP) is 8.42. The Bertz CT molecular complexity index is 1510. The fourth-order valence-electron chi connectivity index (χ4n) is 5.01. The molecular weight excluding hydrogens is 625 g/mol. The number of hydrogen-bond acceptors (Lipinski definition) is 5. The summed E-state index contributed by atoms with van der Waals surface area (Å²) in [6, 6.07) is 34.2. The number of hydrogen-bond donors (Lipinski definition) is 2. The summed E-state index contributed by atoms with van der Waals surface area (Å²) in [7, 11) is 0. The highest BCUT2D eigenvalue weighted by atomic mass is 35.6. The SMILES string of the molecule is C[C@@H]1[C@H](CSc2ccccc2)O[C@H](c2cccc(-c3cccc(CNC(=O)C(Cl)(Cl)Cl)c3)c2)O[C@@H]1c1ccc(CO)cc1. The molecule has 1 amide bonds. The van der Waals surface area contributed by atoms with Crippen LogP contribution in [0.25, 0.3) is 11.1 Å². The molecule has 0 unspecified atom stereocenters. The molecule has 5 nitrogen and oxygen atoms in total. The third-order valence-electron chi connectivity index (χ3n) is 7.41. The summed E-state index contributed by atoms with van der Waals surface area (Å²) >= 11 is 18.8. The van der Waals surface area contributed by atoms with E-state index in [0.29, 0.717) is 0 Å². The average Bonchev–Trinajstić information content (AvgIpc) is 3.03. The van der Waals surface area contributed by atoms with Gasteiger partial charge in [0.05, 0.1) is 18.8 Å². The molecule has 224 valence electrons. The summed E-state index contributed by atoms with van der Waals surface area (Å²) in [5.41, 5.74) is 5.64. The van der Waals surface area contributed by atoms with Gasteiger partial charge in [0, 0.05) is 28.7 Å². The Balaban J connectivity index is 1.38. The van der Waals surface area contributed by atoms with E-state index in [2.05, 4.69) is 30.4 Å². The number of benzene rings is 4. The minimum Gasteiger partial charge on any atom is -0.392 e. The van der Waals surface area contributed by atoms with Crippen molar-refractivity contribution in [1.29, 1.82) is 0 Å². The number of carbonyl (C=O) groups is 1. The van der Waals surface area contributed by atoms with Crippen LogP contribution in [0.5, 0.6) is 0 Å². The largest absolute Gasteiger partial charge is 0.392 e. The standard InChI is InChI=1S/C34H32Cl3NO4S/c1-22-30(21-43-29-11-3-2-4-12-29)41-32(42-31(22)25-15-13-23(20-39)14-16-25)28-10-6-9-27(18-28)26-8-5-7-24(17-26)19-38-33(40)34(35,36)37/h2-18,22,30-32,39H,19-21H2,1H3,(H,38,40)/t22-,30+,31+,32+/m1/s1. The van der Waals surface area contributed by atoms with Gasteiger partial charge in [-0.25, -0.2) is 0 Å². The molecule has 1 aliphatic heterocycles. The van der Waals surface area contributed by atoms with Gasteiger partial charge in [-0.05, 0) is 52.1 Å². The molecule has 0 spiro atoms. The molecule has 2 N–H and O–H groups in total. The summed E-state index contributed by atoms with van der Waals surface area (Å²) in [4.78, 5) is 13.2. The van der Waals surface area contributed by atoms with Gasteiger partial charge in [0.1, 0.15) is 0 Å². The summed E-state index contributed by atoms with van der Waals surface area (Å²) < 4.78 is 11.3. The van der Waals surface area contributed by atoms with Crippen molar-refractivity contribution in [2.75, 3.05) is 5.75 Å². The van der Waals surface area contributed by atoms with E-state index < -0.39 is 16.0 Å². The maximum absolute atomic E-state index is 12.0. The van der Waals surface area contributed by atoms with Crippen LogP contribution in [0.2, 0.25) is 0 Å². The Kier molecular flexibility index (Phi) is 10.7. The van der Waals surface area contributed by atoms with E-state index in [1.54, 1.807) is 11.8 Å². The second-order valence-electron chi connectivity index (χ2n) is 10.5. The maximum atomic E-state index is 12.0. The lowest BCUT2D eigenvalue weighted by atomic mass is 9.91. The number of carbonyl (C=O) groups excluding carboxylic acids is 1. The van der Waals surface area contributed by atoms with Crippen molar-refractivity contribution >= 4 is 52.5 Å². The zero-order valence-electron chi connectivity index (χ0n) is 23.5. The van der Waals surface area contributed by atoms with Gasteiger partial charge in [-0.3, -0.25) is 4.79 Å². The van der Waals surface area contributed by atoms with E-state index in [1.807, 2.05) is 84.9 Å². The number of rotatable bonds is 9. The van der Waals surface area contributed by atoms with E-state index in [4.69, 9.17) is 44.3 Å². The van der Waals surface area contributed by atoms with Crippen LogP contribution < -0.4 is 5.32 Å². The first-order chi connectivity index (χ1) is 20.7. The van der Waals surface area contributed by atoms with Gasteiger partial charge in [0.2, 0.25) is 0 Å². The molecule has 1 saturated heterocycles. The first-order valence-corrected chi connectivity index (χ1v) is 16.1. The number of alkyl halides is 3. The van der Waals surface area contributed by atoms with Crippen LogP contribution in [0, 0.1) is 5.92 Å². The predicted molar refractivity (Wildman–Crippen MR) is 174 cm³/mol. The van der Waals surface area contributed by atoms with Crippen LogP contribution in [0.4, 0.5) is 0 Å². The van der Waals surface area contributed by atoms with E-state index >= 15 is 0 Å². The number of ether oxygens (including phenoxy) is 2. The molecule has 0 aromatic heterocycles. The Morgan fingerprint density at radius 3 is 2.23 bits per heavy atom. The van der Waals surface area contributed by atoms with Crippen LogP contribution in [0.3, 0.4) is 0 Å². The van der Waals surface area contributed by atoms with Crippen molar-refractivity contribution in [2.45, 2.75) is 47.3 Å². The maximum Gasteiger partial charge on any atom is 0.272 e. The Hall–Kier alpha value is -2.55. The third-order valence-corrected chi connectivity index (χ3v) is 9.03. The lowest BCUT2D eigenvalue weighted by Gasteiger charge is -2.41. The monoisotopic (exact) mass is 655 g/mol. The van der Waals surface area contributed by atoms with Crippen molar-refractivity contribution in [3.8, 4) is 11.1 Å². The number of aliphatic hydroxyl groups excluding tert-OH is 1. The van der Waals surface area contributed by atoms with Crippen molar-refractivity contribution < 1.29 is 19.4 Å². The minimum atomic E-state index is -2.01. The van der Waals surface area contributed by atoms with Crippen molar-refractivity contribution in [3.63, 3.8) is 0 Å². The number of nitrogens with one attached hydrogen (secondary N) is 1. The molecule has 4 aromatic rings. The Morgan fingerprint density at radius 2 is 1.53 bits per heavy atom. The summed E-state index contributed by atoms with van der Waals surface area (Å²) in [6.07, 6.45) is -0.840. The first kappa shape index (κ1) is 31.9. The number of amides is 1.